The van der Waals surface area contributed by atoms with Crippen LogP contribution in [0, 0.1) is 0 Å². The van der Waals surface area contributed by atoms with E-state index < -0.39 is 0 Å². The Hall–Kier alpha value is -1.06. The zero-order chi connectivity index (χ0) is 13.5. The molecule has 1 aromatic rings. The SMILES string of the molecule is CCC(C)NCC(c1cccc(OC)c1)N(C)C. The molecule has 0 aliphatic rings. The highest BCUT2D eigenvalue weighted by Crippen LogP contribution is 2.22. The summed E-state index contributed by atoms with van der Waals surface area (Å²) in [6, 6.07) is 9.23. The lowest BCUT2D eigenvalue weighted by molar-refractivity contribution is 0.279. The summed E-state index contributed by atoms with van der Waals surface area (Å²) in [4.78, 5) is 2.24. The maximum Gasteiger partial charge on any atom is 0.119 e. The molecule has 0 aliphatic carbocycles. The molecular formula is C15H26N2O. The zero-order valence-corrected chi connectivity index (χ0v) is 12.2. The molecule has 0 heterocycles. The van der Waals surface area contributed by atoms with Crippen LogP contribution in [-0.4, -0.2) is 38.7 Å². The van der Waals surface area contributed by atoms with Crippen LogP contribution in [0.1, 0.15) is 31.9 Å². The largest absolute Gasteiger partial charge is 0.497 e. The second kappa shape index (κ2) is 7.39. The second-order valence-corrected chi connectivity index (χ2v) is 4.97. The van der Waals surface area contributed by atoms with Crippen LogP contribution in [0.3, 0.4) is 0 Å². The molecule has 102 valence electrons. The van der Waals surface area contributed by atoms with Crippen molar-refractivity contribution in [1.82, 2.24) is 10.2 Å². The van der Waals surface area contributed by atoms with E-state index in [1.165, 1.54) is 5.56 Å². The molecule has 0 saturated heterocycles. The molecule has 0 fully saturated rings. The van der Waals surface area contributed by atoms with E-state index in [-0.39, 0.29) is 0 Å². The number of hydrogen-bond acceptors (Lipinski definition) is 3. The van der Waals surface area contributed by atoms with Gasteiger partial charge in [-0.15, -0.1) is 0 Å². The number of nitrogens with zero attached hydrogens (tertiary/aromatic N) is 1. The molecule has 1 N–H and O–H groups in total. The first-order valence-electron chi connectivity index (χ1n) is 6.62. The zero-order valence-electron chi connectivity index (χ0n) is 12.2. The highest BCUT2D eigenvalue weighted by atomic mass is 16.5. The van der Waals surface area contributed by atoms with Crippen molar-refractivity contribution in [3.63, 3.8) is 0 Å². The Bertz CT molecular complexity index is 352. The molecule has 0 aliphatic heterocycles. The summed E-state index contributed by atoms with van der Waals surface area (Å²) in [7, 11) is 5.94. The van der Waals surface area contributed by atoms with Crippen LogP contribution in [0.25, 0.3) is 0 Å². The summed E-state index contributed by atoms with van der Waals surface area (Å²) in [5.74, 6) is 0.919. The van der Waals surface area contributed by atoms with Gasteiger partial charge in [0, 0.05) is 18.6 Å². The van der Waals surface area contributed by atoms with Crippen LogP contribution >= 0.6 is 0 Å². The van der Waals surface area contributed by atoms with Gasteiger partial charge in [-0.3, -0.25) is 0 Å². The minimum Gasteiger partial charge on any atom is -0.497 e. The predicted octanol–water partition coefficient (Wildman–Crippen LogP) is 2.69. The summed E-state index contributed by atoms with van der Waals surface area (Å²) < 4.78 is 5.29. The van der Waals surface area contributed by atoms with Gasteiger partial charge in [-0.1, -0.05) is 19.1 Å². The first-order chi connectivity index (χ1) is 8.58. The molecule has 1 rings (SSSR count). The molecule has 0 amide bonds. The Kier molecular flexibility index (Phi) is 6.16. The fraction of sp³-hybridized carbons (Fsp3) is 0.600. The minimum absolute atomic E-state index is 0.370. The summed E-state index contributed by atoms with van der Waals surface area (Å²) in [5, 5.41) is 3.57. The fourth-order valence-corrected chi connectivity index (χ4v) is 1.90. The highest BCUT2D eigenvalue weighted by Gasteiger charge is 2.15. The fourth-order valence-electron chi connectivity index (χ4n) is 1.90. The van der Waals surface area contributed by atoms with Gasteiger partial charge in [-0.2, -0.15) is 0 Å². The van der Waals surface area contributed by atoms with Crippen LogP contribution in [0.4, 0.5) is 0 Å². The van der Waals surface area contributed by atoms with Crippen molar-refractivity contribution < 1.29 is 4.74 Å². The van der Waals surface area contributed by atoms with Crippen molar-refractivity contribution in [2.75, 3.05) is 27.7 Å². The van der Waals surface area contributed by atoms with Crippen LogP contribution in [0.15, 0.2) is 24.3 Å². The van der Waals surface area contributed by atoms with Crippen molar-refractivity contribution in [2.45, 2.75) is 32.4 Å². The van der Waals surface area contributed by atoms with E-state index in [1.54, 1.807) is 7.11 Å². The number of benzene rings is 1. The number of nitrogens with one attached hydrogen (secondary N) is 1. The number of methoxy groups -OCH3 is 1. The third-order valence-electron chi connectivity index (χ3n) is 3.37. The molecule has 18 heavy (non-hydrogen) atoms. The van der Waals surface area contributed by atoms with Gasteiger partial charge in [0.05, 0.1) is 7.11 Å². The van der Waals surface area contributed by atoms with Crippen LogP contribution < -0.4 is 10.1 Å². The van der Waals surface area contributed by atoms with Gasteiger partial charge in [-0.05, 0) is 45.1 Å². The van der Waals surface area contributed by atoms with Gasteiger partial charge >= 0.3 is 0 Å². The lowest BCUT2D eigenvalue weighted by Crippen LogP contribution is -2.35. The average Bonchev–Trinajstić information content (AvgIpc) is 2.38. The van der Waals surface area contributed by atoms with Gasteiger partial charge in [-0.25, -0.2) is 0 Å². The van der Waals surface area contributed by atoms with Crippen molar-refractivity contribution in [2.24, 2.45) is 0 Å². The Labute approximate surface area is 111 Å². The number of likely N-dealkylation sites (N-methyl/N-ethyl adjacent to an activating group) is 1. The smallest absolute Gasteiger partial charge is 0.119 e. The number of hydrogen-bond donors (Lipinski definition) is 1. The van der Waals surface area contributed by atoms with Gasteiger partial charge in [0.1, 0.15) is 5.75 Å². The van der Waals surface area contributed by atoms with Crippen LogP contribution in [-0.2, 0) is 0 Å². The summed E-state index contributed by atoms with van der Waals surface area (Å²) in [5.41, 5.74) is 1.29. The maximum atomic E-state index is 5.29. The Morgan fingerprint density at radius 2 is 2.06 bits per heavy atom. The Morgan fingerprint density at radius 1 is 1.33 bits per heavy atom. The van der Waals surface area contributed by atoms with Crippen molar-refractivity contribution in [3.05, 3.63) is 29.8 Å². The lowest BCUT2D eigenvalue weighted by Gasteiger charge is -2.27. The third-order valence-corrected chi connectivity index (χ3v) is 3.37. The van der Waals surface area contributed by atoms with Crippen molar-refractivity contribution in [1.29, 1.82) is 0 Å². The Morgan fingerprint density at radius 3 is 2.61 bits per heavy atom. The topological polar surface area (TPSA) is 24.5 Å². The van der Waals surface area contributed by atoms with Gasteiger partial charge in [0.25, 0.3) is 0 Å². The summed E-state index contributed by atoms with van der Waals surface area (Å²) in [6.45, 7) is 5.38. The minimum atomic E-state index is 0.370. The standard InChI is InChI=1S/C15H26N2O/c1-6-12(2)16-11-15(17(3)4)13-8-7-9-14(10-13)18-5/h7-10,12,15-16H,6,11H2,1-5H3. The van der Waals surface area contributed by atoms with E-state index >= 15 is 0 Å². The second-order valence-electron chi connectivity index (χ2n) is 4.97. The molecule has 2 unspecified atom stereocenters. The van der Waals surface area contributed by atoms with Gasteiger partial charge in [0.2, 0.25) is 0 Å². The van der Waals surface area contributed by atoms with E-state index in [0.29, 0.717) is 12.1 Å². The number of ether oxygens (including phenoxy) is 1. The van der Waals surface area contributed by atoms with E-state index in [9.17, 15) is 0 Å². The van der Waals surface area contributed by atoms with Crippen molar-refractivity contribution >= 4 is 0 Å². The monoisotopic (exact) mass is 250 g/mol. The molecule has 0 spiro atoms. The summed E-state index contributed by atoms with van der Waals surface area (Å²) >= 11 is 0. The normalized spacial score (nSPS) is 14.6. The number of rotatable bonds is 7. The van der Waals surface area contributed by atoms with E-state index in [0.717, 1.165) is 18.7 Å². The van der Waals surface area contributed by atoms with Gasteiger partial charge < -0.3 is 15.0 Å². The van der Waals surface area contributed by atoms with E-state index in [1.807, 2.05) is 12.1 Å². The molecule has 3 heteroatoms. The van der Waals surface area contributed by atoms with E-state index in [2.05, 4.69) is 50.3 Å². The van der Waals surface area contributed by atoms with Crippen LogP contribution in [0.2, 0.25) is 0 Å². The molecule has 0 bridgehead atoms. The summed E-state index contributed by atoms with van der Waals surface area (Å²) in [6.07, 6.45) is 1.15. The predicted molar refractivity (Wildman–Crippen MR) is 77.2 cm³/mol. The van der Waals surface area contributed by atoms with Crippen molar-refractivity contribution in [3.8, 4) is 5.75 Å². The average molecular weight is 250 g/mol. The van der Waals surface area contributed by atoms with E-state index in [4.69, 9.17) is 4.74 Å². The Balaban J connectivity index is 2.77. The quantitative estimate of drug-likeness (QED) is 0.805. The lowest BCUT2D eigenvalue weighted by atomic mass is 10.1. The molecule has 1 aromatic carbocycles. The highest BCUT2D eigenvalue weighted by molar-refractivity contribution is 5.30. The molecule has 0 saturated carbocycles. The molecular weight excluding hydrogens is 224 g/mol. The third kappa shape index (κ3) is 4.31. The van der Waals surface area contributed by atoms with Gasteiger partial charge in [0.15, 0.2) is 0 Å². The molecule has 3 nitrogen and oxygen atoms in total. The molecule has 2 atom stereocenters. The molecule has 0 radical (unpaired) electrons. The first-order valence-corrected chi connectivity index (χ1v) is 6.62. The first kappa shape index (κ1) is 15.0. The maximum absolute atomic E-state index is 5.29. The molecule has 0 aromatic heterocycles. The van der Waals surface area contributed by atoms with Crippen LogP contribution in [0.5, 0.6) is 5.75 Å².